The first-order valence-electron chi connectivity index (χ1n) is 5.24. The molecular weight excluding hydrogens is 258 g/mol. The van der Waals surface area contributed by atoms with Crippen LogP contribution in [0.25, 0.3) is 0 Å². The minimum Gasteiger partial charge on any atom is -0.480 e. The highest BCUT2D eigenvalue weighted by molar-refractivity contribution is 7.89. The SMILES string of the molecule is Cc1cccc(S(=O)(=O)N[C@H](C(=O)O)[C@@H](C)O)c1. The third-order valence-electron chi connectivity index (χ3n) is 2.33. The highest BCUT2D eigenvalue weighted by Gasteiger charge is 2.29. The molecule has 7 heteroatoms. The number of hydrogen-bond acceptors (Lipinski definition) is 4. The molecule has 18 heavy (non-hydrogen) atoms. The molecule has 0 aliphatic heterocycles. The average Bonchev–Trinajstić information content (AvgIpc) is 2.25. The molecule has 0 unspecified atom stereocenters. The second-order valence-electron chi connectivity index (χ2n) is 3.99. The Morgan fingerprint density at radius 3 is 2.44 bits per heavy atom. The quantitative estimate of drug-likeness (QED) is 0.706. The van der Waals surface area contributed by atoms with Gasteiger partial charge in [0.05, 0.1) is 11.0 Å². The summed E-state index contributed by atoms with van der Waals surface area (Å²) < 4.78 is 25.8. The van der Waals surface area contributed by atoms with Gasteiger partial charge in [0.15, 0.2) is 0 Å². The van der Waals surface area contributed by atoms with E-state index in [2.05, 4.69) is 0 Å². The Bertz CT molecular complexity index is 538. The van der Waals surface area contributed by atoms with Crippen molar-refractivity contribution in [2.75, 3.05) is 0 Å². The van der Waals surface area contributed by atoms with E-state index in [-0.39, 0.29) is 4.90 Å². The normalized spacial score (nSPS) is 15.1. The van der Waals surface area contributed by atoms with Crippen molar-refractivity contribution in [3.05, 3.63) is 29.8 Å². The van der Waals surface area contributed by atoms with Crippen molar-refractivity contribution in [2.24, 2.45) is 0 Å². The summed E-state index contributed by atoms with van der Waals surface area (Å²) in [7, 11) is -3.96. The third-order valence-corrected chi connectivity index (χ3v) is 3.77. The molecule has 0 aliphatic rings. The number of aliphatic hydroxyl groups is 1. The van der Waals surface area contributed by atoms with Crippen LogP contribution >= 0.6 is 0 Å². The van der Waals surface area contributed by atoms with Crippen molar-refractivity contribution < 1.29 is 23.4 Å². The first kappa shape index (κ1) is 14.6. The topological polar surface area (TPSA) is 104 Å². The number of sulfonamides is 1. The van der Waals surface area contributed by atoms with Crippen molar-refractivity contribution in [1.82, 2.24) is 4.72 Å². The van der Waals surface area contributed by atoms with E-state index >= 15 is 0 Å². The van der Waals surface area contributed by atoms with Crippen LogP contribution in [0.15, 0.2) is 29.2 Å². The summed E-state index contributed by atoms with van der Waals surface area (Å²) in [5.74, 6) is -1.43. The highest BCUT2D eigenvalue weighted by atomic mass is 32.2. The predicted octanol–water partition coefficient (Wildman–Crippen LogP) is 0.107. The summed E-state index contributed by atoms with van der Waals surface area (Å²) in [6.07, 6.45) is -1.33. The van der Waals surface area contributed by atoms with Crippen LogP contribution in [0.5, 0.6) is 0 Å². The van der Waals surface area contributed by atoms with Gasteiger partial charge in [-0.15, -0.1) is 0 Å². The van der Waals surface area contributed by atoms with Crippen LogP contribution in [-0.4, -0.2) is 36.7 Å². The van der Waals surface area contributed by atoms with Gasteiger partial charge in [0.2, 0.25) is 10.0 Å². The molecule has 6 nitrogen and oxygen atoms in total. The summed E-state index contributed by atoms with van der Waals surface area (Å²) in [6.45, 7) is 2.93. The third kappa shape index (κ3) is 3.52. The number of nitrogens with one attached hydrogen (secondary N) is 1. The van der Waals surface area contributed by atoms with Gasteiger partial charge in [-0.05, 0) is 31.5 Å². The lowest BCUT2D eigenvalue weighted by molar-refractivity contribution is -0.141. The first-order chi connectivity index (χ1) is 8.24. The fourth-order valence-corrected chi connectivity index (χ4v) is 2.74. The number of rotatable bonds is 5. The maximum absolute atomic E-state index is 11.9. The van der Waals surface area contributed by atoms with Crippen molar-refractivity contribution in [3.8, 4) is 0 Å². The second kappa shape index (κ2) is 5.47. The molecule has 1 aromatic carbocycles. The minimum atomic E-state index is -3.96. The largest absolute Gasteiger partial charge is 0.480 e. The molecule has 0 radical (unpaired) electrons. The molecule has 0 aliphatic carbocycles. The van der Waals surface area contributed by atoms with Gasteiger partial charge in [0.1, 0.15) is 6.04 Å². The smallest absolute Gasteiger partial charge is 0.324 e. The number of aliphatic hydroxyl groups excluding tert-OH is 1. The fourth-order valence-electron chi connectivity index (χ4n) is 1.37. The number of aliphatic carboxylic acids is 1. The van der Waals surface area contributed by atoms with E-state index in [1.807, 2.05) is 4.72 Å². The van der Waals surface area contributed by atoms with E-state index in [1.165, 1.54) is 19.1 Å². The molecule has 0 bridgehead atoms. The predicted molar refractivity (Wildman–Crippen MR) is 64.6 cm³/mol. The molecule has 0 heterocycles. The molecule has 0 saturated heterocycles. The Balaban J connectivity index is 3.05. The Kier molecular flexibility index (Phi) is 4.44. The van der Waals surface area contributed by atoms with Crippen LogP contribution in [-0.2, 0) is 14.8 Å². The van der Waals surface area contributed by atoms with E-state index in [9.17, 15) is 18.3 Å². The van der Waals surface area contributed by atoms with E-state index in [1.54, 1.807) is 19.1 Å². The van der Waals surface area contributed by atoms with Crippen LogP contribution in [0.3, 0.4) is 0 Å². The van der Waals surface area contributed by atoms with Crippen LogP contribution < -0.4 is 4.72 Å². The summed E-state index contributed by atoms with van der Waals surface area (Å²) >= 11 is 0. The number of carboxylic acids is 1. The molecule has 3 N–H and O–H groups in total. The number of carboxylic acid groups (broad SMARTS) is 1. The average molecular weight is 273 g/mol. The number of benzene rings is 1. The van der Waals surface area contributed by atoms with Gasteiger partial charge in [0.25, 0.3) is 0 Å². The van der Waals surface area contributed by atoms with Gasteiger partial charge in [0, 0.05) is 0 Å². The van der Waals surface area contributed by atoms with Crippen molar-refractivity contribution in [3.63, 3.8) is 0 Å². The molecule has 2 atom stereocenters. The molecule has 100 valence electrons. The molecule has 0 aromatic heterocycles. The maximum Gasteiger partial charge on any atom is 0.324 e. The number of aryl methyl sites for hydroxylation is 1. The maximum atomic E-state index is 11.9. The fraction of sp³-hybridized carbons (Fsp3) is 0.364. The van der Waals surface area contributed by atoms with Crippen LogP contribution in [0.4, 0.5) is 0 Å². The molecule has 0 spiro atoms. The van der Waals surface area contributed by atoms with Crippen molar-refractivity contribution in [2.45, 2.75) is 30.9 Å². The number of hydrogen-bond donors (Lipinski definition) is 3. The summed E-state index contributed by atoms with van der Waals surface area (Å²) in [5, 5.41) is 18.1. The first-order valence-corrected chi connectivity index (χ1v) is 6.72. The van der Waals surface area contributed by atoms with Gasteiger partial charge < -0.3 is 10.2 Å². The van der Waals surface area contributed by atoms with Crippen LogP contribution in [0.2, 0.25) is 0 Å². The lowest BCUT2D eigenvalue weighted by Gasteiger charge is -2.17. The zero-order valence-electron chi connectivity index (χ0n) is 9.99. The Morgan fingerprint density at radius 1 is 1.39 bits per heavy atom. The zero-order valence-corrected chi connectivity index (χ0v) is 10.8. The molecule has 0 saturated carbocycles. The van der Waals surface area contributed by atoms with Gasteiger partial charge in [-0.3, -0.25) is 4.79 Å². The number of carbonyl (C=O) groups is 1. The monoisotopic (exact) mass is 273 g/mol. The van der Waals surface area contributed by atoms with E-state index < -0.39 is 28.1 Å². The summed E-state index contributed by atoms with van der Waals surface area (Å²) in [4.78, 5) is 10.8. The van der Waals surface area contributed by atoms with Gasteiger partial charge >= 0.3 is 5.97 Å². The lowest BCUT2D eigenvalue weighted by Crippen LogP contribution is -2.47. The van der Waals surface area contributed by atoms with E-state index in [0.29, 0.717) is 0 Å². The summed E-state index contributed by atoms with van der Waals surface area (Å²) in [6, 6.07) is 4.49. The Labute approximate surface area is 105 Å². The molecule has 0 amide bonds. The molecular formula is C11H15NO5S. The Morgan fingerprint density at radius 2 is 2.00 bits per heavy atom. The molecule has 0 fully saturated rings. The molecule has 1 aromatic rings. The van der Waals surface area contributed by atoms with E-state index in [4.69, 9.17) is 5.11 Å². The second-order valence-corrected chi connectivity index (χ2v) is 5.71. The zero-order chi connectivity index (χ0) is 13.9. The van der Waals surface area contributed by atoms with Crippen molar-refractivity contribution in [1.29, 1.82) is 0 Å². The summed E-state index contributed by atoms with van der Waals surface area (Å²) in [5.41, 5.74) is 0.738. The standard InChI is InChI=1S/C11H15NO5S/c1-7-4-3-5-9(6-7)18(16,17)12-10(8(2)13)11(14)15/h3-6,8,10,12-13H,1-2H3,(H,14,15)/t8-,10+/m1/s1. The van der Waals surface area contributed by atoms with Gasteiger partial charge in [-0.2, -0.15) is 4.72 Å². The Hall–Kier alpha value is -1.44. The van der Waals surface area contributed by atoms with Crippen LogP contribution in [0.1, 0.15) is 12.5 Å². The highest BCUT2D eigenvalue weighted by Crippen LogP contribution is 2.12. The van der Waals surface area contributed by atoms with Gasteiger partial charge in [-0.1, -0.05) is 12.1 Å². The van der Waals surface area contributed by atoms with E-state index in [0.717, 1.165) is 5.56 Å². The van der Waals surface area contributed by atoms with Crippen LogP contribution in [0, 0.1) is 6.92 Å². The van der Waals surface area contributed by atoms with Crippen molar-refractivity contribution >= 4 is 16.0 Å². The molecule has 1 rings (SSSR count). The lowest BCUT2D eigenvalue weighted by atomic mass is 10.2. The van der Waals surface area contributed by atoms with Gasteiger partial charge in [-0.25, -0.2) is 8.42 Å². The minimum absolute atomic E-state index is 0.0330.